The third-order valence-electron chi connectivity index (χ3n) is 4.48. The van der Waals surface area contributed by atoms with Crippen LogP contribution < -0.4 is 0 Å². The van der Waals surface area contributed by atoms with E-state index in [9.17, 15) is 0 Å². The van der Waals surface area contributed by atoms with E-state index in [4.69, 9.17) is 9.40 Å². The van der Waals surface area contributed by atoms with E-state index in [1.807, 2.05) is 23.7 Å². The summed E-state index contributed by atoms with van der Waals surface area (Å²) in [5.74, 6) is 1.78. The van der Waals surface area contributed by atoms with Gasteiger partial charge in [-0.05, 0) is 38.4 Å². The Labute approximate surface area is 145 Å². The average molecular weight is 343 g/mol. The van der Waals surface area contributed by atoms with Crippen molar-refractivity contribution in [1.82, 2.24) is 24.6 Å². The van der Waals surface area contributed by atoms with Crippen LogP contribution in [-0.4, -0.2) is 37.2 Å². The van der Waals surface area contributed by atoms with Gasteiger partial charge >= 0.3 is 0 Å². The molecule has 3 aromatic heterocycles. The smallest absolute Gasteiger partial charge is 0.162 e. The molecule has 4 heterocycles. The van der Waals surface area contributed by atoms with Gasteiger partial charge in [0.25, 0.3) is 0 Å². The lowest BCUT2D eigenvalue weighted by Gasteiger charge is -2.35. The summed E-state index contributed by atoms with van der Waals surface area (Å²) in [6.07, 6.45) is 7.14. The molecule has 3 aromatic rings. The number of hydrogen-bond acceptors (Lipinski definition) is 6. The molecule has 0 N–H and O–H groups in total. The molecule has 1 saturated heterocycles. The van der Waals surface area contributed by atoms with E-state index in [0.29, 0.717) is 6.04 Å². The number of nitrogens with zero attached hydrogens (tertiary/aromatic N) is 5. The van der Waals surface area contributed by atoms with E-state index >= 15 is 0 Å². The van der Waals surface area contributed by atoms with E-state index in [0.717, 1.165) is 41.9 Å². The largest absolute Gasteiger partial charge is 0.459 e. The molecule has 4 rings (SSSR count). The molecule has 1 aliphatic heterocycles. The van der Waals surface area contributed by atoms with Crippen LogP contribution in [0.15, 0.2) is 34.6 Å². The summed E-state index contributed by atoms with van der Waals surface area (Å²) in [5, 5.41) is 7.36. The zero-order valence-corrected chi connectivity index (χ0v) is 14.6. The molecule has 0 saturated carbocycles. The second-order valence-electron chi connectivity index (χ2n) is 6.29. The van der Waals surface area contributed by atoms with Gasteiger partial charge < -0.3 is 4.42 Å². The van der Waals surface area contributed by atoms with Gasteiger partial charge in [0.05, 0.1) is 12.2 Å². The molecular formula is C17H21N5OS. The molecule has 0 amide bonds. The zero-order chi connectivity index (χ0) is 16.4. The Balaban J connectivity index is 1.45. The van der Waals surface area contributed by atoms with Crippen molar-refractivity contribution in [3.8, 4) is 10.8 Å². The number of piperidine rings is 1. The number of furan rings is 1. The molecule has 0 aliphatic carbocycles. The Morgan fingerprint density at radius 3 is 3.08 bits per heavy atom. The highest BCUT2D eigenvalue weighted by atomic mass is 32.1. The minimum atomic E-state index is 0.497. The predicted octanol–water partition coefficient (Wildman–Crippen LogP) is 3.36. The van der Waals surface area contributed by atoms with Crippen LogP contribution in [0.4, 0.5) is 0 Å². The number of thiazole rings is 1. The van der Waals surface area contributed by atoms with Crippen LogP contribution in [0.5, 0.6) is 0 Å². The van der Waals surface area contributed by atoms with Crippen molar-refractivity contribution in [1.29, 1.82) is 0 Å². The van der Waals surface area contributed by atoms with Crippen molar-refractivity contribution >= 4 is 11.3 Å². The van der Waals surface area contributed by atoms with E-state index in [1.54, 1.807) is 24.0 Å². The monoisotopic (exact) mass is 343 g/mol. The molecule has 0 spiro atoms. The molecule has 1 aliphatic rings. The first-order valence-electron chi connectivity index (χ1n) is 8.35. The van der Waals surface area contributed by atoms with Gasteiger partial charge in [0.15, 0.2) is 10.8 Å². The molecule has 1 fully saturated rings. The minimum absolute atomic E-state index is 0.497. The van der Waals surface area contributed by atoms with Gasteiger partial charge in [-0.15, -0.1) is 11.3 Å². The van der Waals surface area contributed by atoms with Crippen LogP contribution in [0, 0.1) is 6.92 Å². The summed E-state index contributed by atoms with van der Waals surface area (Å²) in [5.41, 5.74) is 1.12. The summed E-state index contributed by atoms with van der Waals surface area (Å²) >= 11 is 1.65. The molecule has 126 valence electrons. The van der Waals surface area contributed by atoms with Crippen molar-refractivity contribution in [2.45, 2.75) is 45.3 Å². The fourth-order valence-electron chi connectivity index (χ4n) is 3.27. The van der Waals surface area contributed by atoms with Crippen molar-refractivity contribution in [3.05, 3.63) is 41.6 Å². The Morgan fingerprint density at radius 2 is 2.29 bits per heavy atom. The Kier molecular flexibility index (Phi) is 4.44. The van der Waals surface area contributed by atoms with Gasteiger partial charge in [-0.25, -0.2) is 9.97 Å². The van der Waals surface area contributed by atoms with Crippen LogP contribution in [0.1, 0.15) is 30.7 Å². The second-order valence-corrected chi connectivity index (χ2v) is 7.15. The summed E-state index contributed by atoms with van der Waals surface area (Å²) in [6.45, 7) is 4.86. The number of aryl methyl sites for hydroxylation is 1. The molecule has 1 atom stereocenters. The van der Waals surface area contributed by atoms with Gasteiger partial charge in [-0.1, -0.05) is 6.42 Å². The molecule has 0 radical (unpaired) electrons. The average Bonchev–Trinajstić information content (AvgIpc) is 3.31. The van der Waals surface area contributed by atoms with Crippen LogP contribution in [0.25, 0.3) is 10.8 Å². The number of aromatic nitrogens is 4. The molecule has 0 bridgehead atoms. The van der Waals surface area contributed by atoms with E-state index in [1.165, 1.54) is 19.3 Å². The molecular weight excluding hydrogens is 322 g/mol. The lowest BCUT2D eigenvalue weighted by molar-refractivity contribution is 0.120. The van der Waals surface area contributed by atoms with Crippen LogP contribution in [-0.2, 0) is 13.1 Å². The Hall–Kier alpha value is -1.99. The topological polar surface area (TPSA) is 60.0 Å². The first-order valence-corrected chi connectivity index (χ1v) is 9.23. The Morgan fingerprint density at radius 1 is 1.33 bits per heavy atom. The quantitative estimate of drug-likeness (QED) is 0.711. The van der Waals surface area contributed by atoms with Crippen molar-refractivity contribution < 1.29 is 4.42 Å². The van der Waals surface area contributed by atoms with Crippen LogP contribution in [0.3, 0.4) is 0 Å². The fourth-order valence-corrected chi connectivity index (χ4v) is 4.04. The van der Waals surface area contributed by atoms with Gasteiger partial charge in [0.2, 0.25) is 0 Å². The summed E-state index contributed by atoms with van der Waals surface area (Å²) in [7, 11) is 0. The van der Waals surface area contributed by atoms with Crippen LogP contribution in [0.2, 0.25) is 0 Å². The Bertz CT molecular complexity index is 779. The number of likely N-dealkylation sites (tertiary alicyclic amines) is 1. The lowest BCUT2D eigenvalue weighted by Crippen LogP contribution is -2.41. The molecule has 0 aromatic carbocycles. The standard InChI is InChI=1S/C17H21N5OS/c1-13-5-6-16(23-13)17-20-14(10-24-17)8-21-7-3-2-4-15(21)9-22-12-18-11-19-22/h5-6,10-12,15H,2-4,7-9H2,1H3. The first kappa shape index (κ1) is 15.5. The van der Waals surface area contributed by atoms with Gasteiger partial charge in [0.1, 0.15) is 18.4 Å². The summed E-state index contributed by atoms with van der Waals surface area (Å²) in [6, 6.07) is 4.47. The predicted molar refractivity (Wildman–Crippen MR) is 92.6 cm³/mol. The molecule has 1 unspecified atom stereocenters. The maximum absolute atomic E-state index is 5.68. The van der Waals surface area contributed by atoms with E-state index in [-0.39, 0.29) is 0 Å². The zero-order valence-electron chi connectivity index (χ0n) is 13.8. The maximum atomic E-state index is 5.68. The van der Waals surface area contributed by atoms with Crippen molar-refractivity contribution in [2.24, 2.45) is 0 Å². The van der Waals surface area contributed by atoms with Gasteiger partial charge in [-0.3, -0.25) is 9.58 Å². The van der Waals surface area contributed by atoms with Crippen molar-refractivity contribution in [2.75, 3.05) is 6.54 Å². The van der Waals surface area contributed by atoms with Crippen molar-refractivity contribution in [3.63, 3.8) is 0 Å². The van der Waals surface area contributed by atoms with E-state index in [2.05, 4.69) is 20.4 Å². The fraction of sp³-hybridized carbons (Fsp3) is 0.471. The molecule has 24 heavy (non-hydrogen) atoms. The second kappa shape index (κ2) is 6.86. The highest BCUT2D eigenvalue weighted by molar-refractivity contribution is 7.13. The third-order valence-corrected chi connectivity index (χ3v) is 5.39. The third kappa shape index (κ3) is 3.42. The van der Waals surface area contributed by atoms with Gasteiger partial charge in [-0.2, -0.15) is 5.10 Å². The summed E-state index contributed by atoms with van der Waals surface area (Å²) in [4.78, 5) is 11.3. The first-order chi connectivity index (χ1) is 11.8. The summed E-state index contributed by atoms with van der Waals surface area (Å²) < 4.78 is 7.61. The maximum Gasteiger partial charge on any atom is 0.162 e. The number of hydrogen-bond donors (Lipinski definition) is 0. The lowest BCUT2D eigenvalue weighted by atomic mass is 10.0. The highest BCUT2D eigenvalue weighted by Gasteiger charge is 2.24. The molecule has 7 heteroatoms. The number of rotatable bonds is 5. The van der Waals surface area contributed by atoms with E-state index < -0.39 is 0 Å². The highest BCUT2D eigenvalue weighted by Crippen LogP contribution is 2.27. The normalized spacial score (nSPS) is 19.0. The van der Waals surface area contributed by atoms with Crippen LogP contribution >= 0.6 is 11.3 Å². The van der Waals surface area contributed by atoms with Gasteiger partial charge in [0, 0.05) is 18.0 Å². The SMILES string of the molecule is Cc1ccc(-c2nc(CN3CCCCC3Cn3cncn3)cs2)o1. The minimum Gasteiger partial charge on any atom is -0.459 e. The molecule has 6 nitrogen and oxygen atoms in total.